The summed E-state index contributed by atoms with van der Waals surface area (Å²) in [7, 11) is 0. The van der Waals surface area contributed by atoms with Gasteiger partial charge in [0, 0.05) is 24.3 Å². The highest BCUT2D eigenvalue weighted by atomic mass is 16.2. The number of amides is 4. The first-order valence-electron chi connectivity index (χ1n) is 5.93. The molecule has 0 atom stereocenters. The summed E-state index contributed by atoms with van der Waals surface area (Å²) in [6, 6.07) is 5.68. The van der Waals surface area contributed by atoms with Crippen molar-refractivity contribution in [1.29, 1.82) is 0 Å². The fourth-order valence-corrected chi connectivity index (χ4v) is 1.35. The third-order valence-corrected chi connectivity index (χ3v) is 2.33. The van der Waals surface area contributed by atoms with E-state index in [0.29, 0.717) is 11.3 Å². The third-order valence-electron chi connectivity index (χ3n) is 2.33. The molecule has 0 radical (unpaired) electrons. The zero-order valence-corrected chi connectivity index (χ0v) is 10.8. The van der Waals surface area contributed by atoms with Crippen LogP contribution in [0.2, 0.25) is 0 Å². The lowest BCUT2D eigenvalue weighted by molar-refractivity contribution is -0.120. The number of nitrogen functional groups attached to an aromatic ring is 1. The van der Waals surface area contributed by atoms with Crippen molar-refractivity contribution in [3.8, 4) is 0 Å². The number of hydrogen-bond acceptors (Lipinski definition) is 4. The highest BCUT2D eigenvalue weighted by molar-refractivity contribution is 5.96. The highest BCUT2D eigenvalue weighted by Gasteiger charge is 2.07. The predicted molar refractivity (Wildman–Crippen MR) is 73.8 cm³/mol. The molecule has 0 aliphatic carbocycles. The van der Waals surface area contributed by atoms with Gasteiger partial charge in [0.1, 0.15) is 0 Å². The van der Waals surface area contributed by atoms with Crippen LogP contribution in [0.5, 0.6) is 0 Å². The van der Waals surface area contributed by atoms with E-state index in [1.54, 1.807) is 24.3 Å². The number of primary amides is 1. The lowest BCUT2D eigenvalue weighted by atomic mass is 10.2. The van der Waals surface area contributed by atoms with Crippen LogP contribution in [0.25, 0.3) is 0 Å². The summed E-state index contributed by atoms with van der Waals surface area (Å²) in [5.74, 6) is -0.726. The van der Waals surface area contributed by atoms with Crippen molar-refractivity contribution < 1.29 is 14.4 Å². The number of carbonyl (C=O) groups is 3. The summed E-state index contributed by atoms with van der Waals surface area (Å²) in [6.45, 7) is 0.312. The number of hydrogen-bond donors (Lipinski definition) is 5. The van der Waals surface area contributed by atoms with Crippen LogP contribution in [0, 0.1) is 0 Å². The van der Waals surface area contributed by atoms with E-state index in [1.165, 1.54) is 0 Å². The minimum absolute atomic E-state index is 0.153. The van der Waals surface area contributed by atoms with Gasteiger partial charge in [-0.15, -0.1) is 0 Å². The number of carbonyl (C=O) groups excluding carboxylic acids is 3. The van der Waals surface area contributed by atoms with Crippen LogP contribution in [0.4, 0.5) is 10.5 Å². The van der Waals surface area contributed by atoms with Crippen LogP contribution in [0.1, 0.15) is 10.4 Å². The maximum absolute atomic E-state index is 11.7. The largest absolute Gasteiger partial charge is 0.399 e. The lowest BCUT2D eigenvalue weighted by Crippen LogP contribution is -2.41. The van der Waals surface area contributed by atoms with Crippen LogP contribution in [0.3, 0.4) is 0 Å². The van der Waals surface area contributed by atoms with Gasteiger partial charge in [-0.1, -0.05) is 0 Å². The van der Waals surface area contributed by atoms with Crippen LogP contribution in [0.15, 0.2) is 24.3 Å². The average molecular weight is 279 g/mol. The Bertz CT molecular complexity index is 486. The number of urea groups is 1. The van der Waals surface area contributed by atoms with E-state index in [4.69, 9.17) is 11.5 Å². The first-order valence-corrected chi connectivity index (χ1v) is 5.93. The molecule has 4 amide bonds. The Kier molecular flexibility index (Phi) is 5.82. The Morgan fingerprint density at radius 1 is 0.950 bits per heavy atom. The Labute approximate surface area is 115 Å². The van der Waals surface area contributed by atoms with Crippen molar-refractivity contribution in [1.82, 2.24) is 16.0 Å². The molecule has 0 aromatic heterocycles. The summed E-state index contributed by atoms with van der Waals surface area (Å²) in [4.78, 5) is 33.4. The van der Waals surface area contributed by atoms with Gasteiger partial charge in [-0.25, -0.2) is 4.79 Å². The third kappa shape index (κ3) is 5.71. The molecule has 0 aliphatic heterocycles. The van der Waals surface area contributed by atoms with Crippen molar-refractivity contribution in [3.05, 3.63) is 29.8 Å². The number of nitrogens with two attached hydrogens (primary N) is 2. The summed E-state index contributed by atoms with van der Waals surface area (Å²) >= 11 is 0. The van der Waals surface area contributed by atoms with Crippen LogP contribution >= 0.6 is 0 Å². The zero-order valence-electron chi connectivity index (χ0n) is 10.8. The number of anilines is 1. The van der Waals surface area contributed by atoms with Gasteiger partial charge in [-0.3, -0.25) is 9.59 Å². The van der Waals surface area contributed by atoms with Crippen LogP contribution in [-0.4, -0.2) is 37.5 Å². The molecule has 1 aromatic carbocycles. The lowest BCUT2D eigenvalue weighted by Gasteiger charge is -2.07. The van der Waals surface area contributed by atoms with E-state index < -0.39 is 6.03 Å². The normalized spacial score (nSPS) is 9.60. The molecule has 7 N–H and O–H groups in total. The molecule has 1 rings (SSSR count). The Morgan fingerprint density at radius 2 is 1.55 bits per heavy atom. The quantitative estimate of drug-likeness (QED) is 0.329. The fourth-order valence-electron chi connectivity index (χ4n) is 1.35. The van der Waals surface area contributed by atoms with Gasteiger partial charge < -0.3 is 27.4 Å². The van der Waals surface area contributed by atoms with Gasteiger partial charge in [-0.2, -0.15) is 0 Å². The molecule has 0 bridgehead atoms. The molecule has 0 saturated carbocycles. The van der Waals surface area contributed by atoms with Gasteiger partial charge in [0.15, 0.2) is 0 Å². The molecule has 0 aliphatic rings. The summed E-state index contributed by atoms with van der Waals surface area (Å²) < 4.78 is 0. The Morgan fingerprint density at radius 3 is 2.15 bits per heavy atom. The topological polar surface area (TPSA) is 139 Å². The van der Waals surface area contributed by atoms with E-state index in [-0.39, 0.29) is 31.4 Å². The molecule has 8 nitrogen and oxygen atoms in total. The Balaban J connectivity index is 2.25. The van der Waals surface area contributed by atoms with Gasteiger partial charge in [0.2, 0.25) is 5.91 Å². The highest BCUT2D eigenvalue weighted by Crippen LogP contribution is 2.04. The molecule has 108 valence electrons. The molecular formula is C12H17N5O3. The minimum atomic E-state index is -0.657. The fraction of sp³-hybridized carbons (Fsp3) is 0.250. The van der Waals surface area contributed by atoms with E-state index in [0.717, 1.165) is 0 Å². The molecule has 0 fully saturated rings. The second-order valence-corrected chi connectivity index (χ2v) is 3.95. The molecule has 1 aromatic rings. The van der Waals surface area contributed by atoms with Gasteiger partial charge in [0.25, 0.3) is 5.91 Å². The summed E-state index contributed by atoms with van der Waals surface area (Å²) in [5.41, 5.74) is 11.3. The predicted octanol–water partition coefficient (Wildman–Crippen LogP) is -1.22. The standard InChI is InChI=1S/C12H17N5O3/c13-9-3-1-8(2-4-9)11(19)17-7-10(18)15-5-6-16-12(14)20/h1-4H,5-7,13H2,(H,15,18)(H,17,19)(H3,14,16,20). The average Bonchev–Trinajstić information content (AvgIpc) is 2.41. The van der Waals surface area contributed by atoms with Gasteiger partial charge >= 0.3 is 6.03 Å². The van der Waals surface area contributed by atoms with E-state index in [2.05, 4.69) is 16.0 Å². The smallest absolute Gasteiger partial charge is 0.312 e. The molecule has 0 heterocycles. The molecule has 0 saturated heterocycles. The molecule has 0 spiro atoms. The first-order chi connectivity index (χ1) is 9.49. The molecule has 20 heavy (non-hydrogen) atoms. The van der Waals surface area contributed by atoms with Gasteiger partial charge in [-0.05, 0) is 24.3 Å². The van der Waals surface area contributed by atoms with Crippen molar-refractivity contribution in [3.63, 3.8) is 0 Å². The second kappa shape index (κ2) is 7.62. The minimum Gasteiger partial charge on any atom is -0.399 e. The number of rotatable bonds is 6. The maximum Gasteiger partial charge on any atom is 0.312 e. The summed E-state index contributed by atoms with van der Waals surface area (Å²) in [6.07, 6.45) is 0. The van der Waals surface area contributed by atoms with Crippen molar-refractivity contribution in [2.45, 2.75) is 0 Å². The first kappa shape index (κ1) is 15.3. The van der Waals surface area contributed by atoms with Gasteiger partial charge in [0.05, 0.1) is 6.54 Å². The monoisotopic (exact) mass is 279 g/mol. The van der Waals surface area contributed by atoms with E-state index >= 15 is 0 Å². The van der Waals surface area contributed by atoms with Crippen molar-refractivity contribution in [2.75, 3.05) is 25.4 Å². The number of nitrogens with one attached hydrogen (secondary N) is 3. The van der Waals surface area contributed by atoms with E-state index in [1.807, 2.05) is 0 Å². The zero-order chi connectivity index (χ0) is 15.0. The second-order valence-electron chi connectivity index (χ2n) is 3.95. The molecule has 8 heteroatoms. The van der Waals surface area contributed by atoms with E-state index in [9.17, 15) is 14.4 Å². The van der Waals surface area contributed by atoms with Crippen molar-refractivity contribution in [2.24, 2.45) is 5.73 Å². The van der Waals surface area contributed by atoms with Crippen LogP contribution < -0.4 is 27.4 Å². The maximum atomic E-state index is 11.7. The van der Waals surface area contributed by atoms with Crippen LogP contribution in [-0.2, 0) is 4.79 Å². The van der Waals surface area contributed by atoms with Crippen molar-refractivity contribution >= 4 is 23.5 Å². The number of benzene rings is 1. The summed E-state index contributed by atoms with van der Waals surface area (Å²) in [5, 5.41) is 7.30. The molecular weight excluding hydrogens is 262 g/mol. The molecule has 0 unspecified atom stereocenters. The SMILES string of the molecule is NC(=O)NCCNC(=O)CNC(=O)c1ccc(N)cc1. The Hall–Kier alpha value is -2.77.